The van der Waals surface area contributed by atoms with Crippen molar-refractivity contribution in [2.24, 2.45) is 5.41 Å². The number of ketones is 1. The van der Waals surface area contributed by atoms with Crippen molar-refractivity contribution in [2.75, 3.05) is 6.61 Å². The number of hydrogen-bond donors (Lipinski definition) is 0. The molecule has 1 aliphatic carbocycles. The lowest BCUT2D eigenvalue weighted by Crippen LogP contribution is -2.39. The Kier molecular flexibility index (Phi) is 8.09. The molecule has 2 aromatic carbocycles. The van der Waals surface area contributed by atoms with Gasteiger partial charge in [-0.15, -0.1) is 0 Å². The van der Waals surface area contributed by atoms with Gasteiger partial charge in [0.15, 0.2) is 0 Å². The Morgan fingerprint density at radius 1 is 0.967 bits per heavy atom. The zero-order valence-corrected chi connectivity index (χ0v) is 18.5. The fourth-order valence-electron chi connectivity index (χ4n) is 4.28. The average Bonchev–Trinajstić information content (AvgIpc) is 2.78. The summed E-state index contributed by atoms with van der Waals surface area (Å²) in [5, 5.41) is 0.698. The van der Waals surface area contributed by atoms with Gasteiger partial charge in [-0.3, -0.25) is 9.59 Å². The maximum absolute atomic E-state index is 13.2. The van der Waals surface area contributed by atoms with E-state index in [0.717, 1.165) is 49.7 Å². The highest BCUT2D eigenvalue weighted by molar-refractivity contribution is 6.31. The summed E-state index contributed by atoms with van der Waals surface area (Å²) in [4.78, 5) is 25.7. The number of aryl methyl sites for hydroxylation is 2. The van der Waals surface area contributed by atoms with Gasteiger partial charge in [-0.1, -0.05) is 80.3 Å². The highest BCUT2D eigenvalue weighted by Gasteiger charge is 2.40. The van der Waals surface area contributed by atoms with Gasteiger partial charge in [0.05, 0.1) is 11.8 Å². The Morgan fingerprint density at radius 2 is 1.63 bits per heavy atom. The highest BCUT2D eigenvalue weighted by Crippen LogP contribution is 2.39. The van der Waals surface area contributed by atoms with E-state index in [1.807, 2.05) is 48.5 Å². The first kappa shape index (κ1) is 22.6. The van der Waals surface area contributed by atoms with Crippen LogP contribution in [0, 0.1) is 5.41 Å². The molecule has 0 bridgehead atoms. The normalized spacial score (nSPS) is 15.5. The first-order chi connectivity index (χ1) is 14.5. The van der Waals surface area contributed by atoms with Crippen LogP contribution in [-0.2, 0) is 33.6 Å². The number of carbonyl (C=O) groups is 2. The lowest BCUT2D eigenvalue weighted by Gasteiger charge is -2.35. The number of carbonyl (C=O) groups excluding carboxylic acids is 2. The van der Waals surface area contributed by atoms with Crippen molar-refractivity contribution in [3.05, 3.63) is 70.2 Å². The number of Topliss-reactive ketones (excluding diaryl/α,β-unsaturated/α-hetero) is 1. The molecule has 160 valence electrons. The van der Waals surface area contributed by atoms with E-state index < -0.39 is 5.41 Å². The smallest absolute Gasteiger partial charge is 0.310 e. The quantitative estimate of drug-likeness (QED) is 0.452. The molecule has 1 aliphatic rings. The molecule has 3 nitrogen and oxygen atoms in total. The van der Waals surface area contributed by atoms with Crippen LogP contribution < -0.4 is 0 Å². The molecule has 0 amide bonds. The summed E-state index contributed by atoms with van der Waals surface area (Å²) in [5.74, 6) is -0.0645. The second-order valence-corrected chi connectivity index (χ2v) is 8.77. The molecule has 1 saturated carbocycles. The number of hydrogen-bond acceptors (Lipinski definition) is 3. The molecule has 1 fully saturated rings. The average molecular weight is 427 g/mol. The molecule has 0 radical (unpaired) electrons. The molecular formula is C26H31ClO3. The van der Waals surface area contributed by atoms with Gasteiger partial charge in [0, 0.05) is 11.4 Å². The van der Waals surface area contributed by atoms with Gasteiger partial charge < -0.3 is 4.74 Å². The fourth-order valence-corrected chi connectivity index (χ4v) is 4.51. The first-order valence-electron chi connectivity index (χ1n) is 11.0. The summed E-state index contributed by atoms with van der Waals surface area (Å²) in [6, 6.07) is 15.7. The molecule has 0 spiro atoms. The fraction of sp³-hybridized carbons (Fsp3) is 0.462. The number of esters is 1. The summed E-state index contributed by atoms with van der Waals surface area (Å²) in [7, 11) is 0. The minimum Gasteiger partial charge on any atom is -0.464 e. The molecule has 4 heteroatoms. The SMILES string of the molecule is CCc1ccc(CC(=O)OCC2(C(=O)CCc3ccccc3Cl)CCCCC2)cc1. The Hall–Kier alpha value is -2.13. The third kappa shape index (κ3) is 5.95. The molecular weight excluding hydrogens is 396 g/mol. The molecule has 0 aliphatic heterocycles. The highest BCUT2D eigenvalue weighted by atomic mass is 35.5. The maximum Gasteiger partial charge on any atom is 0.310 e. The third-order valence-electron chi connectivity index (χ3n) is 6.27. The van der Waals surface area contributed by atoms with E-state index in [-0.39, 0.29) is 24.8 Å². The monoisotopic (exact) mass is 426 g/mol. The molecule has 3 rings (SSSR count). The molecule has 0 unspecified atom stereocenters. The van der Waals surface area contributed by atoms with E-state index in [0.29, 0.717) is 17.9 Å². The van der Waals surface area contributed by atoms with Crippen LogP contribution in [0.15, 0.2) is 48.5 Å². The van der Waals surface area contributed by atoms with E-state index in [2.05, 4.69) is 6.92 Å². The van der Waals surface area contributed by atoms with Crippen LogP contribution in [0.5, 0.6) is 0 Å². The molecule has 0 saturated heterocycles. The minimum absolute atomic E-state index is 0.195. The largest absolute Gasteiger partial charge is 0.464 e. The Bertz CT molecular complexity index is 851. The number of rotatable bonds is 9. The molecule has 0 N–H and O–H groups in total. The van der Waals surface area contributed by atoms with Crippen molar-refractivity contribution in [1.29, 1.82) is 0 Å². The van der Waals surface area contributed by atoms with Gasteiger partial charge >= 0.3 is 5.97 Å². The summed E-state index contributed by atoms with van der Waals surface area (Å²) < 4.78 is 5.66. The van der Waals surface area contributed by atoms with Crippen molar-refractivity contribution in [2.45, 2.75) is 64.7 Å². The van der Waals surface area contributed by atoms with E-state index in [1.54, 1.807) is 0 Å². The zero-order chi connectivity index (χ0) is 21.4. The zero-order valence-electron chi connectivity index (χ0n) is 17.8. The summed E-state index contributed by atoms with van der Waals surface area (Å²) >= 11 is 6.25. The van der Waals surface area contributed by atoms with Crippen LogP contribution >= 0.6 is 11.6 Å². The maximum atomic E-state index is 13.2. The van der Waals surface area contributed by atoms with E-state index >= 15 is 0 Å². The summed E-state index contributed by atoms with van der Waals surface area (Å²) in [6.45, 7) is 2.30. The van der Waals surface area contributed by atoms with E-state index in [1.165, 1.54) is 5.56 Å². The van der Waals surface area contributed by atoms with Crippen molar-refractivity contribution < 1.29 is 14.3 Å². The van der Waals surface area contributed by atoms with Crippen LogP contribution in [0.25, 0.3) is 0 Å². The lowest BCUT2D eigenvalue weighted by atomic mass is 9.70. The Morgan fingerprint density at radius 3 is 2.30 bits per heavy atom. The van der Waals surface area contributed by atoms with Gasteiger partial charge in [0.2, 0.25) is 0 Å². The van der Waals surface area contributed by atoms with Gasteiger partial charge in [-0.2, -0.15) is 0 Å². The topological polar surface area (TPSA) is 43.4 Å². The van der Waals surface area contributed by atoms with Crippen LogP contribution in [-0.4, -0.2) is 18.4 Å². The van der Waals surface area contributed by atoms with Gasteiger partial charge in [-0.05, 0) is 48.4 Å². The van der Waals surface area contributed by atoms with Crippen molar-refractivity contribution >= 4 is 23.4 Å². The predicted molar refractivity (Wildman–Crippen MR) is 121 cm³/mol. The molecule has 0 heterocycles. The first-order valence-corrected chi connectivity index (χ1v) is 11.4. The number of benzene rings is 2. The van der Waals surface area contributed by atoms with Crippen molar-refractivity contribution in [1.82, 2.24) is 0 Å². The van der Waals surface area contributed by atoms with Crippen LogP contribution in [0.2, 0.25) is 5.02 Å². The summed E-state index contributed by atoms with van der Waals surface area (Å²) in [5.41, 5.74) is 2.64. The van der Waals surface area contributed by atoms with E-state index in [9.17, 15) is 9.59 Å². The molecule has 0 aromatic heterocycles. The molecule has 30 heavy (non-hydrogen) atoms. The lowest BCUT2D eigenvalue weighted by molar-refractivity contribution is -0.151. The Labute approximate surface area is 184 Å². The van der Waals surface area contributed by atoms with Crippen molar-refractivity contribution in [3.63, 3.8) is 0 Å². The minimum atomic E-state index is -0.540. The molecule has 2 aromatic rings. The second kappa shape index (κ2) is 10.8. The van der Waals surface area contributed by atoms with Gasteiger partial charge in [0.1, 0.15) is 12.4 Å². The second-order valence-electron chi connectivity index (χ2n) is 8.36. The van der Waals surface area contributed by atoms with Gasteiger partial charge in [0.25, 0.3) is 0 Å². The van der Waals surface area contributed by atoms with E-state index in [4.69, 9.17) is 16.3 Å². The number of ether oxygens (including phenoxy) is 1. The molecule has 0 atom stereocenters. The summed E-state index contributed by atoms with van der Waals surface area (Å²) in [6.07, 6.45) is 7.02. The van der Waals surface area contributed by atoms with Crippen LogP contribution in [0.3, 0.4) is 0 Å². The Balaban J connectivity index is 1.59. The van der Waals surface area contributed by atoms with Crippen LogP contribution in [0.1, 0.15) is 62.1 Å². The standard InChI is InChI=1S/C26H31ClO3/c1-2-20-10-12-21(13-11-20)18-25(29)30-19-26(16-6-3-7-17-26)24(28)15-14-22-8-4-5-9-23(22)27/h4-5,8-13H,2-3,6-7,14-19H2,1H3. The number of halogens is 1. The van der Waals surface area contributed by atoms with Crippen molar-refractivity contribution in [3.8, 4) is 0 Å². The van der Waals surface area contributed by atoms with Crippen LogP contribution in [0.4, 0.5) is 0 Å². The predicted octanol–water partition coefficient (Wildman–Crippen LogP) is 6.14. The van der Waals surface area contributed by atoms with Gasteiger partial charge in [-0.25, -0.2) is 0 Å². The third-order valence-corrected chi connectivity index (χ3v) is 6.64.